The van der Waals surface area contributed by atoms with E-state index in [0.717, 1.165) is 25.2 Å². The highest BCUT2D eigenvalue weighted by Crippen LogP contribution is 2.27. The maximum atomic E-state index is 12.9. The van der Waals surface area contributed by atoms with E-state index in [1.807, 2.05) is 4.90 Å². The maximum absolute atomic E-state index is 12.9. The molecule has 1 atom stereocenters. The van der Waals surface area contributed by atoms with Gasteiger partial charge in [0.05, 0.1) is 0 Å². The molecule has 6 nitrogen and oxygen atoms in total. The third-order valence-corrected chi connectivity index (χ3v) is 4.47. The molecule has 1 saturated heterocycles. The van der Waals surface area contributed by atoms with Gasteiger partial charge in [-0.3, -0.25) is 4.79 Å². The van der Waals surface area contributed by atoms with Crippen molar-refractivity contribution >= 4 is 5.91 Å². The van der Waals surface area contributed by atoms with Gasteiger partial charge in [-0.15, -0.1) is 10.2 Å². The lowest BCUT2D eigenvalue weighted by molar-refractivity contribution is -0.134. The Hall–Kier alpha value is -2.44. The predicted octanol–water partition coefficient (Wildman–Crippen LogP) is 2.78. The highest BCUT2D eigenvalue weighted by atomic mass is 19.1. The van der Waals surface area contributed by atoms with Gasteiger partial charge in [-0.25, -0.2) is 4.39 Å². The highest BCUT2D eigenvalue weighted by molar-refractivity contribution is 5.78. The van der Waals surface area contributed by atoms with Crippen LogP contribution in [-0.4, -0.2) is 45.3 Å². The Labute approximate surface area is 146 Å². The molecule has 1 amide bonds. The number of carbonyl (C=O) groups is 1. The summed E-state index contributed by atoms with van der Waals surface area (Å²) in [4.78, 5) is 14.3. The van der Waals surface area contributed by atoms with E-state index >= 15 is 0 Å². The van der Waals surface area contributed by atoms with E-state index in [9.17, 15) is 9.18 Å². The Morgan fingerprint density at radius 2 is 2.12 bits per heavy atom. The molecule has 1 unspecified atom stereocenters. The molecule has 134 valence electrons. The number of hydrogen-bond donors (Lipinski definition) is 0. The number of rotatable bonds is 5. The number of benzene rings is 1. The first-order valence-electron chi connectivity index (χ1n) is 8.60. The summed E-state index contributed by atoms with van der Waals surface area (Å²) < 4.78 is 20.4. The number of piperidine rings is 1. The van der Waals surface area contributed by atoms with Crippen molar-refractivity contribution in [3.63, 3.8) is 0 Å². The summed E-state index contributed by atoms with van der Waals surface area (Å²) in [6.45, 7) is 5.48. The number of carbonyl (C=O) groups excluding carboxylic acids is 1. The van der Waals surface area contributed by atoms with Crippen molar-refractivity contribution < 1.29 is 13.9 Å². The van der Waals surface area contributed by atoms with Crippen molar-refractivity contribution in [1.82, 2.24) is 19.7 Å². The van der Waals surface area contributed by atoms with Crippen LogP contribution in [0.1, 0.15) is 44.5 Å². The van der Waals surface area contributed by atoms with Crippen LogP contribution in [-0.2, 0) is 4.79 Å². The fourth-order valence-electron chi connectivity index (χ4n) is 3.12. The second-order valence-electron chi connectivity index (χ2n) is 6.61. The van der Waals surface area contributed by atoms with Crippen LogP contribution in [0.2, 0.25) is 0 Å². The number of halogens is 1. The van der Waals surface area contributed by atoms with E-state index in [0.29, 0.717) is 12.3 Å². The zero-order chi connectivity index (χ0) is 17.8. The van der Waals surface area contributed by atoms with Crippen LogP contribution in [0, 0.1) is 5.82 Å². The van der Waals surface area contributed by atoms with Crippen LogP contribution in [0.4, 0.5) is 4.39 Å². The first-order valence-corrected chi connectivity index (χ1v) is 8.60. The number of hydrogen-bond acceptors (Lipinski definition) is 4. The molecular weight excluding hydrogens is 323 g/mol. The molecule has 2 heterocycles. The van der Waals surface area contributed by atoms with Gasteiger partial charge < -0.3 is 14.2 Å². The predicted molar refractivity (Wildman–Crippen MR) is 90.9 cm³/mol. The van der Waals surface area contributed by atoms with E-state index in [1.54, 1.807) is 6.33 Å². The normalized spacial score (nSPS) is 17.8. The van der Waals surface area contributed by atoms with Gasteiger partial charge in [0, 0.05) is 25.0 Å². The van der Waals surface area contributed by atoms with Crippen molar-refractivity contribution in [1.29, 1.82) is 0 Å². The van der Waals surface area contributed by atoms with Crippen molar-refractivity contribution in [3.8, 4) is 5.75 Å². The number of nitrogens with zero attached hydrogens (tertiary/aromatic N) is 4. The van der Waals surface area contributed by atoms with E-state index in [-0.39, 0.29) is 30.3 Å². The Morgan fingerprint density at radius 1 is 1.36 bits per heavy atom. The molecule has 25 heavy (non-hydrogen) atoms. The molecule has 1 aliphatic rings. The molecule has 0 bridgehead atoms. The molecule has 0 N–H and O–H groups in total. The summed E-state index contributed by atoms with van der Waals surface area (Å²) in [5.41, 5.74) is 0. The largest absolute Gasteiger partial charge is 0.484 e. The lowest BCUT2D eigenvalue weighted by Gasteiger charge is -2.32. The van der Waals surface area contributed by atoms with Gasteiger partial charge in [-0.05, 0) is 51.0 Å². The number of likely N-dealkylation sites (tertiary alicyclic amines) is 1. The van der Waals surface area contributed by atoms with Crippen LogP contribution in [0.15, 0.2) is 30.6 Å². The van der Waals surface area contributed by atoms with Crippen LogP contribution in [0.25, 0.3) is 0 Å². The summed E-state index contributed by atoms with van der Waals surface area (Å²) in [5, 5.41) is 8.29. The standard InChI is InChI=1S/C18H23FN4O2/c1-13(2)23-12-20-21-18(23)14-4-3-9-22(10-14)17(24)11-25-16-7-5-15(19)6-8-16/h5-8,12-14H,3-4,9-11H2,1-2H3. The van der Waals surface area contributed by atoms with Crippen molar-refractivity contribution in [2.45, 2.75) is 38.6 Å². The molecule has 0 saturated carbocycles. The molecule has 2 aromatic rings. The second kappa shape index (κ2) is 7.63. The quantitative estimate of drug-likeness (QED) is 0.835. The Balaban J connectivity index is 1.59. The molecule has 0 spiro atoms. The van der Waals surface area contributed by atoms with Crippen LogP contribution >= 0.6 is 0 Å². The molecule has 1 aliphatic heterocycles. The third-order valence-electron chi connectivity index (χ3n) is 4.47. The maximum Gasteiger partial charge on any atom is 0.260 e. The van der Waals surface area contributed by atoms with Gasteiger partial charge in [0.2, 0.25) is 0 Å². The second-order valence-corrected chi connectivity index (χ2v) is 6.61. The van der Waals surface area contributed by atoms with Crippen LogP contribution in [0.5, 0.6) is 5.75 Å². The van der Waals surface area contributed by atoms with E-state index in [2.05, 4.69) is 28.6 Å². The topological polar surface area (TPSA) is 60.2 Å². The fourth-order valence-corrected chi connectivity index (χ4v) is 3.12. The van der Waals surface area contributed by atoms with E-state index < -0.39 is 0 Å². The minimum Gasteiger partial charge on any atom is -0.484 e. The third kappa shape index (κ3) is 4.15. The lowest BCUT2D eigenvalue weighted by atomic mass is 9.97. The first kappa shape index (κ1) is 17.4. The molecule has 0 aliphatic carbocycles. The minimum absolute atomic E-state index is 0.0464. The van der Waals surface area contributed by atoms with Gasteiger partial charge in [-0.2, -0.15) is 0 Å². The molecule has 3 rings (SSSR count). The molecule has 0 radical (unpaired) electrons. The Bertz CT molecular complexity index is 714. The minimum atomic E-state index is -0.327. The summed E-state index contributed by atoms with van der Waals surface area (Å²) >= 11 is 0. The average Bonchev–Trinajstić information content (AvgIpc) is 3.11. The van der Waals surface area contributed by atoms with E-state index in [4.69, 9.17) is 4.74 Å². The Morgan fingerprint density at radius 3 is 2.84 bits per heavy atom. The molecular formula is C18H23FN4O2. The van der Waals surface area contributed by atoms with Crippen molar-refractivity contribution in [2.75, 3.05) is 19.7 Å². The van der Waals surface area contributed by atoms with Gasteiger partial charge in [0.25, 0.3) is 5.91 Å². The zero-order valence-electron chi connectivity index (χ0n) is 14.6. The number of amides is 1. The van der Waals surface area contributed by atoms with Crippen LogP contribution in [0.3, 0.4) is 0 Å². The smallest absolute Gasteiger partial charge is 0.260 e. The molecule has 1 aromatic carbocycles. The van der Waals surface area contributed by atoms with Gasteiger partial charge in [0.1, 0.15) is 23.7 Å². The molecule has 1 fully saturated rings. The summed E-state index contributed by atoms with van der Waals surface area (Å²) in [7, 11) is 0. The summed E-state index contributed by atoms with van der Waals surface area (Å²) in [6, 6.07) is 5.96. The molecule has 7 heteroatoms. The van der Waals surface area contributed by atoms with Gasteiger partial charge >= 0.3 is 0 Å². The SMILES string of the molecule is CC(C)n1cnnc1C1CCCN(C(=O)COc2ccc(F)cc2)C1. The first-order chi connectivity index (χ1) is 12.0. The summed E-state index contributed by atoms with van der Waals surface area (Å²) in [6.07, 6.45) is 3.67. The fraction of sp³-hybridized carbons (Fsp3) is 0.500. The van der Waals surface area contributed by atoms with Crippen LogP contribution < -0.4 is 4.74 Å². The highest BCUT2D eigenvalue weighted by Gasteiger charge is 2.28. The number of ether oxygens (including phenoxy) is 1. The number of aromatic nitrogens is 3. The monoisotopic (exact) mass is 346 g/mol. The zero-order valence-corrected chi connectivity index (χ0v) is 14.6. The van der Waals surface area contributed by atoms with Crippen molar-refractivity contribution in [3.05, 3.63) is 42.2 Å². The average molecular weight is 346 g/mol. The van der Waals surface area contributed by atoms with E-state index in [1.165, 1.54) is 24.3 Å². The summed E-state index contributed by atoms with van der Waals surface area (Å²) in [5.74, 6) is 1.22. The van der Waals surface area contributed by atoms with Gasteiger partial charge in [-0.1, -0.05) is 0 Å². The van der Waals surface area contributed by atoms with Crippen molar-refractivity contribution in [2.24, 2.45) is 0 Å². The lowest BCUT2D eigenvalue weighted by Crippen LogP contribution is -2.42. The molecule has 1 aromatic heterocycles. The van der Waals surface area contributed by atoms with Gasteiger partial charge in [0.15, 0.2) is 6.61 Å². The Kier molecular flexibility index (Phi) is 5.31.